The maximum atomic E-state index is 14.7. The number of carbonyl (C=O) groups is 1. The van der Waals surface area contributed by atoms with Crippen molar-refractivity contribution in [2.75, 3.05) is 26.7 Å². The number of aromatic nitrogens is 1. The number of benzene rings is 2. The number of carboxylic acids is 1. The van der Waals surface area contributed by atoms with Crippen LogP contribution >= 0.6 is 0 Å². The molecule has 1 aliphatic heterocycles. The van der Waals surface area contributed by atoms with E-state index >= 15 is 0 Å². The molecule has 0 amide bonds. The average Bonchev–Trinajstić information content (AvgIpc) is 2.89. The van der Waals surface area contributed by atoms with E-state index < -0.39 is 46.8 Å². The highest BCUT2D eigenvalue weighted by Gasteiger charge is 2.34. The summed E-state index contributed by atoms with van der Waals surface area (Å²) < 4.78 is 60.4. The predicted molar refractivity (Wildman–Crippen MR) is 131 cm³/mol. The van der Waals surface area contributed by atoms with Crippen LogP contribution in [0.25, 0.3) is 10.9 Å². The molecular formula is C28H26F4N2O4. The van der Waals surface area contributed by atoms with Gasteiger partial charge in [0.15, 0.2) is 11.6 Å². The van der Waals surface area contributed by atoms with E-state index in [4.69, 9.17) is 4.74 Å². The Kier molecular flexibility index (Phi) is 8.49. The van der Waals surface area contributed by atoms with Crippen LogP contribution < -0.4 is 4.74 Å². The van der Waals surface area contributed by atoms with Gasteiger partial charge in [-0.05, 0) is 56.0 Å². The summed E-state index contributed by atoms with van der Waals surface area (Å²) >= 11 is 0. The number of carboxylic acid groups (broad SMARTS) is 1. The van der Waals surface area contributed by atoms with E-state index in [1.165, 1.54) is 7.11 Å². The second-order valence-corrected chi connectivity index (χ2v) is 9.28. The molecule has 3 atom stereocenters. The summed E-state index contributed by atoms with van der Waals surface area (Å²) in [7, 11) is 1.48. The number of nitrogens with zero attached hydrogens (tertiary/aromatic N) is 2. The van der Waals surface area contributed by atoms with Crippen LogP contribution in [0.4, 0.5) is 17.6 Å². The Morgan fingerprint density at radius 2 is 2.00 bits per heavy atom. The fourth-order valence-corrected chi connectivity index (χ4v) is 4.88. The van der Waals surface area contributed by atoms with Gasteiger partial charge in [-0.15, -0.1) is 0 Å². The summed E-state index contributed by atoms with van der Waals surface area (Å²) in [6, 6.07) is 6.19. The van der Waals surface area contributed by atoms with Crippen LogP contribution in [-0.4, -0.2) is 52.8 Å². The second kappa shape index (κ2) is 11.8. The third-order valence-electron chi connectivity index (χ3n) is 6.89. The Morgan fingerprint density at radius 1 is 1.21 bits per heavy atom. The molecule has 1 aliphatic rings. The molecule has 0 spiro atoms. The van der Waals surface area contributed by atoms with Crippen LogP contribution in [0.2, 0.25) is 0 Å². The number of likely N-dealkylation sites (tertiary alicyclic amines) is 1. The summed E-state index contributed by atoms with van der Waals surface area (Å²) in [6.45, 7) is 0.740. The number of fused-ring (bicyclic) bond motifs is 1. The number of methoxy groups -OCH3 is 1. The van der Waals surface area contributed by atoms with Crippen LogP contribution in [0.3, 0.4) is 0 Å². The number of aliphatic hydroxyl groups is 1. The molecule has 0 aliphatic carbocycles. The van der Waals surface area contributed by atoms with Gasteiger partial charge in [0.1, 0.15) is 17.4 Å². The average molecular weight is 531 g/mol. The number of aliphatic carboxylic acids is 1. The molecule has 3 unspecified atom stereocenters. The van der Waals surface area contributed by atoms with Gasteiger partial charge >= 0.3 is 5.97 Å². The zero-order valence-electron chi connectivity index (χ0n) is 20.6. The van der Waals surface area contributed by atoms with Crippen molar-refractivity contribution < 1.29 is 37.3 Å². The monoisotopic (exact) mass is 530 g/mol. The van der Waals surface area contributed by atoms with E-state index in [1.807, 2.05) is 0 Å². The number of ether oxygens (including phenoxy) is 1. The Bertz CT molecular complexity index is 1410. The smallest absolute Gasteiger partial charge is 0.308 e. The summed E-state index contributed by atoms with van der Waals surface area (Å²) in [5, 5.41) is 21.1. The second-order valence-electron chi connectivity index (χ2n) is 9.28. The van der Waals surface area contributed by atoms with Crippen LogP contribution in [0.15, 0.2) is 36.5 Å². The van der Waals surface area contributed by atoms with Crippen molar-refractivity contribution >= 4 is 16.9 Å². The number of hydrogen-bond acceptors (Lipinski definition) is 5. The molecule has 6 nitrogen and oxygen atoms in total. The number of halogens is 4. The fourth-order valence-electron chi connectivity index (χ4n) is 4.88. The van der Waals surface area contributed by atoms with E-state index in [2.05, 4.69) is 16.8 Å². The lowest BCUT2D eigenvalue weighted by Gasteiger charge is -2.36. The normalized spacial score (nSPS) is 18.6. The van der Waals surface area contributed by atoms with Crippen molar-refractivity contribution in [1.29, 1.82) is 0 Å². The van der Waals surface area contributed by atoms with Crippen LogP contribution in [0, 0.1) is 46.9 Å². The Labute approximate surface area is 216 Å². The van der Waals surface area contributed by atoms with E-state index in [0.29, 0.717) is 42.1 Å². The lowest BCUT2D eigenvalue weighted by Crippen LogP contribution is -2.44. The minimum Gasteiger partial charge on any atom is -0.497 e. The van der Waals surface area contributed by atoms with Crippen molar-refractivity contribution in [3.8, 4) is 17.6 Å². The largest absolute Gasteiger partial charge is 0.497 e. The molecule has 2 heterocycles. The standard InChI is InChI=1S/C28H26F4N2O4/c1-38-19-5-6-24-20(13-19)26(23(31)14-33-24)25(35)7-4-16-8-10-34(15-21(16)28(36)37)9-2-3-17-11-18(29)12-22(30)27(17)32/h5-6,11-14,16,21,25,35H,4,7-10,15H2,1H3,(H,36,37). The van der Waals surface area contributed by atoms with Crippen LogP contribution in [0.5, 0.6) is 5.75 Å². The van der Waals surface area contributed by atoms with Crippen molar-refractivity contribution in [3.63, 3.8) is 0 Å². The molecule has 0 radical (unpaired) electrons. The van der Waals surface area contributed by atoms with Crippen molar-refractivity contribution in [2.24, 2.45) is 11.8 Å². The van der Waals surface area contributed by atoms with Gasteiger partial charge in [0.2, 0.25) is 0 Å². The summed E-state index contributed by atoms with van der Waals surface area (Å²) in [5.74, 6) is -0.660. The van der Waals surface area contributed by atoms with E-state index in [-0.39, 0.29) is 31.0 Å². The van der Waals surface area contributed by atoms with E-state index in [1.54, 1.807) is 23.1 Å². The summed E-state index contributed by atoms with van der Waals surface area (Å²) in [4.78, 5) is 17.8. The van der Waals surface area contributed by atoms with Gasteiger partial charge in [0, 0.05) is 23.6 Å². The molecule has 4 rings (SSSR count). The van der Waals surface area contributed by atoms with Gasteiger partial charge in [-0.25, -0.2) is 17.6 Å². The molecule has 1 saturated heterocycles. The van der Waals surface area contributed by atoms with Gasteiger partial charge in [-0.2, -0.15) is 0 Å². The zero-order chi connectivity index (χ0) is 27.4. The Balaban J connectivity index is 1.42. The molecule has 10 heteroatoms. The third kappa shape index (κ3) is 6.06. The SMILES string of the molecule is COc1ccc2ncc(F)c(C(O)CCC3CCN(CC#Cc4cc(F)cc(F)c4F)CC3C(=O)O)c2c1. The van der Waals surface area contributed by atoms with Crippen molar-refractivity contribution in [1.82, 2.24) is 9.88 Å². The van der Waals surface area contributed by atoms with Gasteiger partial charge in [0.05, 0.1) is 43.0 Å². The number of piperidine rings is 1. The zero-order valence-corrected chi connectivity index (χ0v) is 20.6. The maximum absolute atomic E-state index is 14.7. The molecule has 1 aromatic heterocycles. The molecule has 1 fully saturated rings. The molecule has 38 heavy (non-hydrogen) atoms. The first kappa shape index (κ1) is 27.4. The molecule has 0 bridgehead atoms. The first-order valence-corrected chi connectivity index (χ1v) is 12.1. The number of hydrogen-bond donors (Lipinski definition) is 2. The fraction of sp³-hybridized carbons (Fsp3) is 0.357. The summed E-state index contributed by atoms with van der Waals surface area (Å²) in [5.41, 5.74) is 0.184. The van der Waals surface area contributed by atoms with Crippen molar-refractivity contribution in [2.45, 2.75) is 25.4 Å². The molecular weight excluding hydrogens is 504 g/mol. The Hall–Kier alpha value is -3.68. The highest BCUT2D eigenvalue weighted by Crippen LogP contribution is 2.35. The number of aliphatic hydroxyl groups excluding tert-OH is 1. The van der Waals surface area contributed by atoms with Gasteiger partial charge < -0.3 is 14.9 Å². The minimum atomic E-state index is -1.33. The first-order valence-electron chi connectivity index (χ1n) is 12.1. The van der Waals surface area contributed by atoms with Crippen LogP contribution in [0.1, 0.15) is 36.5 Å². The van der Waals surface area contributed by atoms with Crippen LogP contribution in [-0.2, 0) is 4.79 Å². The lowest BCUT2D eigenvalue weighted by atomic mass is 9.81. The van der Waals surface area contributed by atoms with E-state index in [0.717, 1.165) is 12.3 Å². The predicted octanol–water partition coefficient (Wildman–Crippen LogP) is 4.69. The molecule has 2 aromatic carbocycles. The van der Waals surface area contributed by atoms with Crippen molar-refractivity contribution in [3.05, 3.63) is 70.9 Å². The Morgan fingerprint density at radius 3 is 2.74 bits per heavy atom. The minimum absolute atomic E-state index is 0.0900. The quantitative estimate of drug-likeness (QED) is 0.262. The third-order valence-corrected chi connectivity index (χ3v) is 6.89. The van der Waals surface area contributed by atoms with Gasteiger partial charge in [-0.3, -0.25) is 14.7 Å². The van der Waals surface area contributed by atoms with Gasteiger partial charge in [-0.1, -0.05) is 11.8 Å². The maximum Gasteiger partial charge on any atom is 0.308 e. The molecule has 200 valence electrons. The highest BCUT2D eigenvalue weighted by molar-refractivity contribution is 5.84. The first-order chi connectivity index (χ1) is 18.2. The molecule has 3 aromatic rings. The number of rotatable bonds is 7. The topological polar surface area (TPSA) is 82.9 Å². The molecule has 2 N–H and O–H groups in total. The number of pyridine rings is 1. The highest BCUT2D eigenvalue weighted by atomic mass is 19.2. The molecule has 0 saturated carbocycles. The lowest BCUT2D eigenvalue weighted by molar-refractivity contribution is -0.146. The van der Waals surface area contributed by atoms with E-state index in [9.17, 15) is 32.6 Å². The van der Waals surface area contributed by atoms with Gasteiger partial charge in [0.25, 0.3) is 0 Å². The summed E-state index contributed by atoms with van der Waals surface area (Å²) in [6.07, 6.45) is 0.857.